The first-order chi connectivity index (χ1) is 16.1. The van der Waals surface area contributed by atoms with Gasteiger partial charge in [-0.15, -0.1) is 0 Å². The number of hydrogen-bond donors (Lipinski definition) is 1. The van der Waals surface area contributed by atoms with Crippen LogP contribution < -0.4 is 0 Å². The number of aromatic nitrogens is 3. The fraction of sp³-hybridized carbons (Fsp3) is 0.292. The Balaban J connectivity index is 1.57. The zero-order chi connectivity index (χ0) is 23.2. The Hall–Kier alpha value is -3.85. The first-order valence-corrected chi connectivity index (χ1v) is 10.8. The average Bonchev–Trinajstić information content (AvgIpc) is 3.26. The minimum absolute atomic E-state index is 0.0123. The highest BCUT2D eigenvalue weighted by Crippen LogP contribution is 2.19. The topological polar surface area (TPSA) is 98.7 Å². The van der Waals surface area contributed by atoms with Gasteiger partial charge < -0.3 is 14.9 Å². The zero-order valence-electron chi connectivity index (χ0n) is 18.6. The fourth-order valence-electron chi connectivity index (χ4n) is 3.78. The molecule has 1 aromatic carbocycles. The SMILES string of the molecule is C=N/C=C\C(=NCc1cnc2cnc(-c3ccc(CO)cc3)cn12)N1CCN(C(C)=O)CC1. The molecule has 1 saturated heterocycles. The number of amidine groups is 1. The second-order valence-corrected chi connectivity index (χ2v) is 7.77. The highest BCUT2D eigenvalue weighted by Gasteiger charge is 2.20. The van der Waals surface area contributed by atoms with E-state index in [1.54, 1.807) is 25.5 Å². The third-order valence-electron chi connectivity index (χ3n) is 5.69. The Bertz CT molecular complexity index is 1190. The lowest BCUT2D eigenvalue weighted by Gasteiger charge is -2.35. The molecule has 0 saturated carbocycles. The van der Waals surface area contributed by atoms with E-state index >= 15 is 0 Å². The van der Waals surface area contributed by atoms with Gasteiger partial charge in [0.2, 0.25) is 5.91 Å². The minimum Gasteiger partial charge on any atom is -0.392 e. The van der Waals surface area contributed by atoms with Crippen molar-refractivity contribution < 1.29 is 9.90 Å². The number of fused-ring (bicyclic) bond motifs is 1. The lowest BCUT2D eigenvalue weighted by Crippen LogP contribution is -2.49. The smallest absolute Gasteiger partial charge is 0.219 e. The van der Waals surface area contributed by atoms with Crippen molar-refractivity contribution >= 4 is 24.1 Å². The van der Waals surface area contributed by atoms with Crippen LogP contribution in [0.2, 0.25) is 0 Å². The summed E-state index contributed by atoms with van der Waals surface area (Å²) in [6.45, 7) is 8.32. The molecule has 0 bridgehead atoms. The maximum atomic E-state index is 11.6. The molecule has 2 aromatic heterocycles. The van der Waals surface area contributed by atoms with E-state index in [9.17, 15) is 9.90 Å². The monoisotopic (exact) mass is 445 g/mol. The van der Waals surface area contributed by atoms with Crippen molar-refractivity contribution in [2.24, 2.45) is 9.98 Å². The van der Waals surface area contributed by atoms with Crippen LogP contribution >= 0.6 is 0 Å². The maximum Gasteiger partial charge on any atom is 0.219 e. The Morgan fingerprint density at radius 2 is 1.85 bits per heavy atom. The van der Waals surface area contributed by atoms with Crippen LogP contribution in [0.1, 0.15) is 18.2 Å². The third-order valence-corrected chi connectivity index (χ3v) is 5.69. The zero-order valence-corrected chi connectivity index (χ0v) is 18.6. The quantitative estimate of drug-likeness (QED) is 0.463. The van der Waals surface area contributed by atoms with Gasteiger partial charge in [-0.3, -0.25) is 24.2 Å². The van der Waals surface area contributed by atoms with Crippen molar-refractivity contribution in [1.29, 1.82) is 0 Å². The van der Waals surface area contributed by atoms with Gasteiger partial charge in [0, 0.05) is 51.1 Å². The van der Waals surface area contributed by atoms with Crippen molar-refractivity contribution in [3.8, 4) is 11.3 Å². The molecule has 33 heavy (non-hydrogen) atoms. The van der Waals surface area contributed by atoms with Crippen molar-refractivity contribution in [2.45, 2.75) is 20.1 Å². The van der Waals surface area contributed by atoms with Gasteiger partial charge in [0.05, 0.1) is 36.9 Å². The molecule has 0 unspecified atom stereocenters. The first kappa shape index (κ1) is 22.3. The van der Waals surface area contributed by atoms with Crippen molar-refractivity contribution in [2.75, 3.05) is 26.2 Å². The predicted octanol–water partition coefficient (Wildman–Crippen LogP) is 2.17. The molecule has 0 aliphatic carbocycles. The summed E-state index contributed by atoms with van der Waals surface area (Å²) in [6, 6.07) is 7.66. The number of carbonyl (C=O) groups excluding carboxylic acids is 1. The van der Waals surface area contributed by atoms with Gasteiger partial charge in [0.1, 0.15) is 5.84 Å². The number of piperazine rings is 1. The number of benzene rings is 1. The van der Waals surface area contributed by atoms with E-state index in [-0.39, 0.29) is 12.5 Å². The summed E-state index contributed by atoms with van der Waals surface area (Å²) in [7, 11) is 0. The molecular formula is C24H27N7O2. The summed E-state index contributed by atoms with van der Waals surface area (Å²) < 4.78 is 1.99. The van der Waals surface area contributed by atoms with Crippen LogP contribution in [0.4, 0.5) is 0 Å². The van der Waals surface area contributed by atoms with Crippen molar-refractivity contribution in [3.05, 3.63) is 66.4 Å². The van der Waals surface area contributed by atoms with E-state index < -0.39 is 0 Å². The minimum atomic E-state index is 0.0123. The number of aliphatic hydroxyl groups excluding tert-OH is 1. The number of aliphatic imine (C=N–C) groups is 2. The molecule has 1 aliphatic rings. The molecule has 170 valence electrons. The van der Waals surface area contributed by atoms with Gasteiger partial charge in [-0.1, -0.05) is 24.3 Å². The Morgan fingerprint density at radius 3 is 2.52 bits per heavy atom. The average molecular weight is 446 g/mol. The maximum absolute atomic E-state index is 11.6. The van der Waals surface area contributed by atoms with E-state index in [4.69, 9.17) is 4.99 Å². The van der Waals surface area contributed by atoms with Crippen LogP contribution in [0.3, 0.4) is 0 Å². The molecule has 1 amide bonds. The van der Waals surface area contributed by atoms with E-state index in [0.717, 1.165) is 34.0 Å². The first-order valence-electron chi connectivity index (χ1n) is 10.8. The van der Waals surface area contributed by atoms with Crippen LogP contribution in [-0.2, 0) is 17.9 Å². The summed E-state index contributed by atoms with van der Waals surface area (Å²) in [5, 5.41) is 9.26. The molecule has 1 aliphatic heterocycles. The van der Waals surface area contributed by atoms with Crippen molar-refractivity contribution in [3.63, 3.8) is 0 Å². The van der Waals surface area contributed by atoms with E-state index in [0.29, 0.717) is 32.7 Å². The van der Waals surface area contributed by atoms with Crippen LogP contribution in [0.5, 0.6) is 0 Å². The Labute approximate surface area is 192 Å². The molecule has 1 N–H and O–H groups in total. The van der Waals surface area contributed by atoms with Crippen LogP contribution in [0, 0.1) is 0 Å². The summed E-state index contributed by atoms with van der Waals surface area (Å²) in [4.78, 5) is 33.3. The van der Waals surface area contributed by atoms with Gasteiger partial charge in [0.15, 0.2) is 5.65 Å². The van der Waals surface area contributed by atoms with E-state index in [1.165, 1.54) is 0 Å². The molecule has 0 atom stereocenters. The molecule has 3 aromatic rings. The normalized spacial score (nSPS) is 14.9. The summed E-state index contributed by atoms with van der Waals surface area (Å²) in [6.07, 6.45) is 8.97. The lowest BCUT2D eigenvalue weighted by atomic mass is 10.1. The second kappa shape index (κ2) is 10.2. The molecule has 0 spiro atoms. The third kappa shape index (κ3) is 5.15. The van der Waals surface area contributed by atoms with Gasteiger partial charge in [-0.25, -0.2) is 4.98 Å². The largest absolute Gasteiger partial charge is 0.392 e. The fourth-order valence-corrected chi connectivity index (χ4v) is 3.78. The van der Waals surface area contributed by atoms with E-state index in [2.05, 4.69) is 26.6 Å². The molecular weight excluding hydrogens is 418 g/mol. The molecule has 1 fully saturated rings. The highest BCUT2D eigenvalue weighted by atomic mass is 16.3. The number of nitrogens with zero attached hydrogens (tertiary/aromatic N) is 7. The highest BCUT2D eigenvalue weighted by molar-refractivity contribution is 5.93. The summed E-state index contributed by atoms with van der Waals surface area (Å²) >= 11 is 0. The predicted molar refractivity (Wildman–Crippen MR) is 128 cm³/mol. The number of imidazole rings is 1. The number of amides is 1. The Kier molecular flexibility index (Phi) is 6.89. The van der Waals surface area contributed by atoms with Crippen LogP contribution in [0.15, 0.2) is 65.1 Å². The summed E-state index contributed by atoms with van der Waals surface area (Å²) in [5.74, 6) is 0.895. The molecule has 3 heterocycles. The number of aliphatic hydroxyl groups is 1. The van der Waals surface area contributed by atoms with Crippen molar-refractivity contribution in [1.82, 2.24) is 24.2 Å². The second-order valence-electron chi connectivity index (χ2n) is 7.77. The van der Waals surface area contributed by atoms with E-state index in [1.807, 2.05) is 45.8 Å². The summed E-state index contributed by atoms with van der Waals surface area (Å²) in [5.41, 5.74) is 4.31. The van der Waals surface area contributed by atoms with Gasteiger partial charge in [0.25, 0.3) is 0 Å². The molecule has 9 heteroatoms. The van der Waals surface area contributed by atoms with Crippen LogP contribution in [0.25, 0.3) is 16.9 Å². The molecule has 9 nitrogen and oxygen atoms in total. The van der Waals surface area contributed by atoms with Gasteiger partial charge >= 0.3 is 0 Å². The lowest BCUT2D eigenvalue weighted by molar-refractivity contribution is -0.130. The van der Waals surface area contributed by atoms with Crippen LogP contribution in [-0.4, -0.2) is 73.9 Å². The number of hydrogen-bond acceptors (Lipinski definition) is 6. The number of carbonyl (C=O) groups is 1. The van der Waals surface area contributed by atoms with Gasteiger partial charge in [-0.05, 0) is 18.4 Å². The van der Waals surface area contributed by atoms with Gasteiger partial charge in [-0.2, -0.15) is 0 Å². The Morgan fingerprint density at radius 1 is 1.12 bits per heavy atom. The molecule has 4 rings (SSSR count). The number of rotatable bonds is 6. The molecule has 0 radical (unpaired) electrons. The standard InChI is InChI=1S/C24H27N7O2/c1-18(33)29-9-11-30(12-10-29)23(7-8-25-2)27-13-21-14-28-24-15-26-22(16-31(21)24)20-5-3-19(17-32)4-6-20/h3-8,14-16,32H,2,9-13,17H2,1H3/b8-7-,27-23?.